The van der Waals surface area contributed by atoms with Gasteiger partial charge in [-0.15, -0.1) is 0 Å². The summed E-state index contributed by atoms with van der Waals surface area (Å²) in [4.78, 5) is 2.45. The van der Waals surface area contributed by atoms with Crippen molar-refractivity contribution < 1.29 is 14.2 Å². The summed E-state index contributed by atoms with van der Waals surface area (Å²) >= 11 is 0. The fraction of sp³-hybridized carbons (Fsp3) is 1.00. The van der Waals surface area contributed by atoms with Crippen LogP contribution in [0.2, 0.25) is 0 Å². The molecule has 1 heterocycles. The monoisotopic (exact) mass is 246 g/mol. The molecule has 0 spiro atoms. The topological polar surface area (TPSA) is 43.0 Å². The minimum Gasteiger partial charge on any atom is -0.382 e. The average molecular weight is 246 g/mol. The second-order valence-corrected chi connectivity index (χ2v) is 4.16. The van der Waals surface area contributed by atoms with Gasteiger partial charge in [0.05, 0.1) is 33.0 Å². The molecular weight excluding hydrogens is 220 g/mol. The van der Waals surface area contributed by atoms with Crippen molar-refractivity contribution >= 4 is 0 Å². The van der Waals surface area contributed by atoms with Crippen LogP contribution in [0.25, 0.3) is 0 Å². The van der Waals surface area contributed by atoms with E-state index in [2.05, 4.69) is 10.2 Å². The standard InChI is InChI=1S/C12H26N2O3/c1-15-9-10-17-12-11-16-8-7-14-5-2-3-13-4-6-14/h13H,2-12H2,1H3. The first-order valence-electron chi connectivity index (χ1n) is 6.51. The first-order valence-corrected chi connectivity index (χ1v) is 6.51. The Morgan fingerprint density at radius 3 is 2.53 bits per heavy atom. The highest BCUT2D eigenvalue weighted by Crippen LogP contribution is 1.94. The Kier molecular flexibility index (Phi) is 9.55. The van der Waals surface area contributed by atoms with Gasteiger partial charge in [-0.2, -0.15) is 0 Å². The zero-order chi connectivity index (χ0) is 12.2. The molecule has 1 aliphatic heterocycles. The lowest BCUT2D eigenvalue weighted by molar-refractivity contribution is 0.0198. The van der Waals surface area contributed by atoms with E-state index in [1.807, 2.05) is 0 Å². The van der Waals surface area contributed by atoms with Crippen molar-refractivity contribution in [1.29, 1.82) is 0 Å². The van der Waals surface area contributed by atoms with Crippen LogP contribution in [0.5, 0.6) is 0 Å². The van der Waals surface area contributed by atoms with E-state index in [9.17, 15) is 0 Å². The van der Waals surface area contributed by atoms with Gasteiger partial charge in [0, 0.05) is 26.7 Å². The Labute approximate surface area is 104 Å². The Hall–Kier alpha value is -0.200. The summed E-state index contributed by atoms with van der Waals surface area (Å²) in [5, 5.41) is 3.39. The Morgan fingerprint density at radius 1 is 0.941 bits per heavy atom. The number of nitrogens with zero attached hydrogens (tertiary/aromatic N) is 1. The van der Waals surface area contributed by atoms with Gasteiger partial charge in [0.25, 0.3) is 0 Å². The molecular formula is C12H26N2O3. The van der Waals surface area contributed by atoms with Gasteiger partial charge < -0.3 is 19.5 Å². The molecule has 1 saturated heterocycles. The molecule has 17 heavy (non-hydrogen) atoms. The van der Waals surface area contributed by atoms with E-state index < -0.39 is 0 Å². The fourth-order valence-corrected chi connectivity index (χ4v) is 1.78. The van der Waals surface area contributed by atoms with Crippen LogP contribution in [0, 0.1) is 0 Å². The molecule has 5 heteroatoms. The van der Waals surface area contributed by atoms with Gasteiger partial charge in [0.15, 0.2) is 0 Å². The third kappa shape index (κ3) is 8.51. The predicted octanol–water partition coefficient (Wildman–Crippen LogP) is -0.0387. The first kappa shape index (κ1) is 14.9. The molecule has 0 amide bonds. The largest absolute Gasteiger partial charge is 0.382 e. The van der Waals surface area contributed by atoms with E-state index >= 15 is 0 Å². The Balaban J connectivity index is 1.82. The van der Waals surface area contributed by atoms with Crippen molar-refractivity contribution in [2.24, 2.45) is 0 Å². The summed E-state index contributed by atoms with van der Waals surface area (Å²) in [5.41, 5.74) is 0. The van der Waals surface area contributed by atoms with Gasteiger partial charge in [-0.05, 0) is 19.5 Å². The highest BCUT2D eigenvalue weighted by atomic mass is 16.5. The van der Waals surface area contributed by atoms with Gasteiger partial charge in [-0.25, -0.2) is 0 Å². The number of hydrogen-bond acceptors (Lipinski definition) is 5. The second kappa shape index (κ2) is 10.9. The SMILES string of the molecule is COCCOCCOCCN1CCCNCC1. The van der Waals surface area contributed by atoms with E-state index in [0.717, 1.165) is 32.8 Å². The van der Waals surface area contributed by atoms with Crippen LogP contribution in [0.1, 0.15) is 6.42 Å². The number of nitrogens with one attached hydrogen (secondary N) is 1. The molecule has 1 rings (SSSR count). The smallest absolute Gasteiger partial charge is 0.0701 e. The van der Waals surface area contributed by atoms with E-state index in [1.54, 1.807) is 7.11 Å². The minimum absolute atomic E-state index is 0.650. The van der Waals surface area contributed by atoms with Crippen molar-refractivity contribution in [1.82, 2.24) is 10.2 Å². The van der Waals surface area contributed by atoms with Crippen molar-refractivity contribution in [3.63, 3.8) is 0 Å². The quantitative estimate of drug-likeness (QED) is 0.578. The van der Waals surface area contributed by atoms with Gasteiger partial charge in [-0.3, -0.25) is 4.90 Å². The molecule has 5 nitrogen and oxygen atoms in total. The van der Waals surface area contributed by atoms with Crippen molar-refractivity contribution in [2.45, 2.75) is 6.42 Å². The summed E-state index contributed by atoms with van der Waals surface area (Å²) in [6.07, 6.45) is 1.24. The molecule has 0 aromatic carbocycles. The third-order valence-corrected chi connectivity index (χ3v) is 2.79. The lowest BCUT2D eigenvalue weighted by atomic mass is 10.4. The highest BCUT2D eigenvalue weighted by Gasteiger charge is 2.07. The maximum absolute atomic E-state index is 5.53. The Morgan fingerprint density at radius 2 is 1.71 bits per heavy atom. The van der Waals surface area contributed by atoms with Crippen LogP contribution in [0.15, 0.2) is 0 Å². The molecule has 1 aliphatic rings. The lowest BCUT2D eigenvalue weighted by Crippen LogP contribution is -2.31. The van der Waals surface area contributed by atoms with Crippen LogP contribution >= 0.6 is 0 Å². The van der Waals surface area contributed by atoms with Crippen LogP contribution in [-0.2, 0) is 14.2 Å². The second-order valence-electron chi connectivity index (χ2n) is 4.16. The number of methoxy groups -OCH3 is 1. The summed E-state index contributed by atoms with van der Waals surface area (Å²) in [6.45, 7) is 9.02. The summed E-state index contributed by atoms with van der Waals surface area (Å²) in [7, 11) is 1.68. The summed E-state index contributed by atoms with van der Waals surface area (Å²) in [5.74, 6) is 0. The molecule has 0 saturated carbocycles. The van der Waals surface area contributed by atoms with E-state index in [1.165, 1.54) is 13.0 Å². The maximum Gasteiger partial charge on any atom is 0.0701 e. The van der Waals surface area contributed by atoms with E-state index in [-0.39, 0.29) is 0 Å². The molecule has 1 fully saturated rings. The third-order valence-electron chi connectivity index (χ3n) is 2.79. The number of ether oxygens (including phenoxy) is 3. The molecule has 0 unspecified atom stereocenters. The normalized spacial score (nSPS) is 18.2. The lowest BCUT2D eigenvalue weighted by Gasteiger charge is -2.19. The Bertz CT molecular complexity index is 162. The van der Waals surface area contributed by atoms with Crippen LogP contribution in [0.3, 0.4) is 0 Å². The summed E-state index contributed by atoms with van der Waals surface area (Å²) in [6, 6.07) is 0. The molecule has 0 aliphatic carbocycles. The fourth-order valence-electron chi connectivity index (χ4n) is 1.78. The van der Waals surface area contributed by atoms with Crippen LogP contribution < -0.4 is 5.32 Å². The zero-order valence-corrected chi connectivity index (χ0v) is 11.0. The van der Waals surface area contributed by atoms with Gasteiger partial charge in [0.2, 0.25) is 0 Å². The van der Waals surface area contributed by atoms with Crippen molar-refractivity contribution in [3.05, 3.63) is 0 Å². The molecule has 0 aromatic heterocycles. The molecule has 0 aromatic rings. The van der Waals surface area contributed by atoms with Crippen molar-refractivity contribution in [2.75, 3.05) is 72.9 Å². The molecule has 1 N–H and O–H groups in total. The maximum atomic E-state index is 5.53. The van der Waals surface area contributed by atoms with Gasteiger partial charge in [-0.1, -0.05) is 0 Å². The predicted molar refractivity (Wildman–Crippen MR) is 67.4 cm³/mol. The van der Waals surface area contributed by atoms with E-state index in [0.29, 0.717) is 26.4 Å². The molecule has 0 bridgehead atoms. The average Bonchev–Trinajstić information content (AvgIpc) is 2.61. The molecule has 0 radical (unpaired) electrons. The zero-order valence-electron chi connectivity index (χ0n) is 11.0. The first-order chi connectivity index (χ1) is 8.43. The van der Waals surface area contributed by atoms with Crippen LogP contribution in [0.4, 0.5) is 0 Å². The molecule has 102 valence electrons. The van der Waals surface area contributed by atoms with E-state index in [4.69, 9.17) is 14.2 Å². The number of hydrogen-bond donors (Lipinski definition) is 1. The summed E-state index contributed by atoms with van der Waals surface area (Å²) < 4.78 is 15.7. The van der Waals surface area contributed by atoms with Gasteiger partial charge >= 0.3 is 0 Å². The van der Waals surface area contributed by atoms with Gasteiger partial charge in [0.1, 0.15) is 0 Å². The molecule has 0 atom stereocenters. The van der Waals surface area contributed by atoms with Crippen molar-refractivity contribution in [3.8, 4) is 0 Å². The van der Waals surface area contributed by atoms with Crippen LogP contribution in [-0.4, -0.2) is 77.8 Å². The minimum atomic E-state index is 0.650. The highest BCUT2D eigenvalue weighted by molar-refractivity contribution is 4.65. The number of rotatable bonds is 9.